The van der Waals surface area contributed by atoms with Crippen LogP contribution in [0.2, 0.25) is 5.15 Å². The highest BCUT2D eigenvalue weighted by Crippen LogP contribution is 2.27. The van der Waals surface area contributed by atoms with Gasteiger partial charge in [0, 0.05) is 0 Å². The predicted octanol–water partition coefficient (Wildman–Crippen LogP) is 1.79. The molecule has 0 atom stereocenters. The van der Waals surface area contributed by atoms with E-state index >= 15 is 0 Å². The Morgan fingerprint density at radius 1 is 1.33 bits per heavy atom. The summed E-state index contributed by atoms with van der Waals surface area (Å²) < 4.78 is 36.5. The van der Waals surface area contributed by atoms with Crippen LogP contribution in [-0.4, -0.2) is 9.97 Å². The summed E-state index contributed by atoms with van der Waals surface area (Å²) in [5.74, 6) is -1.86. The average molecular weight is 198 g/mol. The molecule has 1 aromatic rings. The number of nitrogens with two attached hydrogens (primary N) is 1. The molecule has 2 N–H and O–H groups in total. The summed E-state index contributed by atoms with van der Waals surface area (Å²) in [7, 11) is 0. The second-order valence-electron chi connectivity index (χ2n) is 1.88. The number of alkyl halides is 2. The number of hydrogen-bond donors (Lipinski definition) is 1. The van der Waals surface area contributed by atoms with Crippen molar-refractivity contribution in [2.24, 2.45) is 0 Å². The number of rotatable bonds is 1. The van der Waals surface area contributed by atoms with Crippen molar-refractivity contribution in [3.8, 4) is 0 Å². The van der Waals surface area contributed by atoms with Gasteiger partial charge in [-0.15, -0.1) is 0 Å². The van der Waals surface area contributed by atoms with Gasteiger partial charge in [-0.05, 0) is 0 Å². The Bertz CT molecular complexity index is 281. The molecule has 0 fully saturated rings. The number of nitrogens with zero attached hydrogens (tertiary/aromatic N) is 2. The lowest BCUT2D eigenvalue weighted by Crippen LogP contribution is -2.03. The van der Waals surface area contributed by atoms with Crippen molar-refractivity contribution < 1.29 is 13.2 Å². The molecule has 3 nitrogen and oxygen atoms in total. The molecule has 0 spiro atoms. The van der Waals surface area contributed by atoms with Crippen LogP contribution in [0.3, 0.4) is 0 Å². The molecule has 0 saturated carbocycles. The summed E-state index contributed by atoms with van der Waals surface area (Å²) in [6, 6.07) is 0. The lowest BCUT2D eigenvalue weighted by molar-refractivity contribution is 0.145. The maximum Gasteiger partial charge on any atom is 0.271 e. The molecular formula is C5H3ClF3N3. The van der Waals surface area contributed by atoms with Crippen LogP contribution in [0.5, 0.6) is 0 Å². The van der Waals surface area contributed by atoms with Crippen molar-refractivity contribution in [1.29, 1.82) is 0 Å². The average Bonchev–Trinajstić information content (AvgIpc) is 1.82. The molecule has 1 heterocycles. The van der Waals surface area contributed by atoms with Gasteiger partial charge >= 0.3 is 0 Å². The van der Waals surface area contributed by atoms with Crippen LogP contribution >= 0.6 is 11.6 Å². The van der Waals surface area contributed by atoms with Gasteiger partial charge in [-0.1, -0.05) is 11.6 Å². The Morgan fingerprint density at radius 2 is 1.92 bits per heavy atom. The quantitative estimate of drug-likeness (QED) is 0.699. The first-order chi connectivity index (χ1) is 5.52. The normalized spacial score (nSPS) is 10.8. The zero-order valence-corrected chi connectivity index (χ0v) is 6.32. The molecule has 0 aliphatic carbocycles. The third kappa shape index (κ3) is 1.58. The minimum Gasteiger partial charge on any atom is -0.368 e. The Hall–Kier alpha value is -1.04. The van der Waals surface area contributed by atoms with Gasteiger partial charge in [-0.3, -0.25) is 0 Å². The predicted molar refractivity (Wildman–Crippen MR) is 36.4 cm³/mol. The third-order valence-electron chi connectivity index (χ3n) is 1.09. The van der Waals surface area contributed by atoms with Gasteiger partial charge in [-0.25, -0.2) is 13.8 Å². The lowest BCUT2D eigenvalue weighted by atomic mass is 10.3. The lowest BCUT2D eigenvalue weighted by Gasteiger charge is -2.02. The molecule has 0 bridgehead atoms. The van der Waals surface area contributed by atoms with E-state index in [0.29, 0.717) is 0 Å². The third-order valence-corrected chi connectivity index (χ3v) is 1.38. The van der Waals surface area contributed by atoms with Crippen LogP contribution in [0.15, 0.2) is 0 Å². The molecule has 1 rings (SSSR count). The van der Waals surface area contributed by atoms with Gasteiger partial charge < -0.3 is 5.73 Å². The molecule has 0 aliphatic rings. The van der Waals surface area contributed by atoms with Gasteiger partial charge in [0.05, 0.1) is 0 Å². The molecular weight excluding hydrogens is 195 g/mol. The largest absolute Gasteiger partial charge is 0.368 e. The van der Waals surface area contributed by atoms with Crippen molar-refractivity contribution >= 4 is 17.5 Å². The van der Waals surface area contributed by atoms with Crippen LogP contribution in [0.25, 0.3) is 0 Å². The highest BCUT2D eigenvalue weighted by atomic mass is 35.5. The summed E-state index contributed by atoms with van der Waals surface area (Å²) in [6.07, 6.45) is -3.04. The standard InChI is InChI=1S/C5H3ClF3N3/c6-2-1(3(7)8)4(9)12-5(10)11-2/h3H,(H2,10,11,12). The first kappa shape index (κ1) is 9.05. The molecule has 0 aliphatic heterocycles. The molecule has 0 radical (unpaired) electrons. The van der Waals surface area contributed by atoms with E-state index in [2.05, 4.69) is 9.97 Å². The Kier molecular flexibility index (Phi) is 2.37. The van der Waals surface area contributed by atoms with E-state index in [9.17, 15) is 13.2 Å². The number of anilines is 1. The van der Waals surface area contributed by atoms with Crippen molar-refractivity contribution in [2.45, 2.75) is 6.43 Å². The van der Waals surface area contributed by atoms with Gasteiger partial charge in [0.15, 0.2) is 0 Å². The fourth-order valence-electron chi connectivity index (χ4n) is 0.612. The fraction of sp³-hybridized carbons (Fsp3) is 0.200. The summed E-state index contributed by atoms with van der Waals surface area (Å²) in [5.41, 5.74) is 3.91. The first-order valence-corrected chi connectivity index (χ1v) is 3.16. The van der Waals surface area contributed by atoms with Crippen molar-refractivity contribution in [3.63, 3.8) is 0 Å². The number of hydrogen-bond acceptors (Lipinski definition) is 3. The molecule has 0 aromatic carbocycles. The van der Waals surface area contributed by atoms with E-state index in [1.807, 2.05) is 0 Å². The maximum atomic E-state index is 12.6. The molecule has 0 amide bonds. The Balaban J connectivity index is 3.28. The molecule has 7 heteroatoms. The monoisotopic (exact) mass is 197 g/mol. The van der Waals surface area contributed by atoms with E-state index < -0.39 is 29.0 Å². The molecule has 1 aromatic heterocycles. The fourth-order valence-corrected chi connectivity index (χ4v) is 0.859. The Labute approximate surface area is 70.4 Å². The molecule has 0 unspecified atom stereocenters. The molecule has 66 valence electrons. The van der Waals surface area contributed by atoms with Crippen molar-refractivity contribution in [3.05, 3.63) is 16.7 Å². The second kappa shape index (κ2) is 3.14. The zero-order valence-electron chi connectivity index (χ0n) is 5.56. The van der Waals surface area contributed by atoms with E-state index in [-0.39, 0.29) is 0 Å². The van der Waals surface area contributed by atoms with Crippen LogP contribution in [0.4, 0.5) is 19.1 Å². The molecule has 12 heavy (non-hydrogen) atoms. The van der Waals surface area contributed by atoms with Crippen molar-refractivity contribution in [2.75, 3.05) is 5.73 Å². The van der Waals surface area contributed by atoms with Crippen molar-refractivity contribution in [1.82, 2.24) is 9.97 Å². The second-order valence-corrected chi connectivity index (χ2v) is 2.24. The van der Waals surface area contributed by atoms with E-state index in [1.165, 1.54) is 0 Å². The van der Waals surface area contributed by atoms with Crippen LogP contribution < -0.4 is 5.73 Å². The van der Waals surface area contributed by atoms with Gasteiger partial charge in [0.1, 0.15) is 10.7 Å². The molecule has 0 saturated heterocycles. The summed E-state index contributed by atoms with van der Waals surface area (Å²) in [5, 5.41) is -0.657. The van der Waals surface area contributed by atoms with E-state index in [4.69, 9.17) is 17.3 Å². The summed E-state index contributed by atoms with van der Waals surface area (Å²) in [4.78, 5) is 6.06. The highest BCUT2D eigenvalue weighted by Gasteiger charge is 2.20. The number of aromatic nitrogens is 2. The van der Waals surface area contributed by atoms with E-state index in [0.717, 1.165) is 0 Å². The topological polar surface area (TPSA) is 51.8 Å². The van der Waals surface area contributed by atoms with E-state index in [1.54, 1.807) is 0 Å². The van der Waals surface area contributed by atoms with Crippen LogP contribution in [0, 0.1) is 5.95 Å². The summed E-state index contributed by atoms with van der Waals surface area (Å²) >= 11 is 5.18. The number of halogens is 4. The highest BCUT2D eigenvalue weighted by molar-refractivity contribution is 6.30. The minimum absolute atomic E-state index is 0.470. The van der Waals surface area contributed by atoms with Gasteiger partial charge in [0.25, 0.3) is 6.43 Å². The number of nitrogen functional groups attached to an aromatic ring is 1. The van der Waals surface area contributed by atoms with Crippen LogP contribution in [0.1, 0.15) is 12.0 Å². The SMILES string of the molecule is Nc1nc(F)c(C(F)F)c(Cl)n1. The Morgan fingerprint density at radius 3 is 2.33 bits per heavy atom. The maximum absolute atomic E-state index is 12.6. The van der Waals surface area contributed by atoms with Gasteiger partial charge in [0.2, 0.25) is 11.9 Å². The van der Waals surface area contributed by atoms with Crippen LogP contribution in [-0.2, 0) is 0 Å². The smallest absolute Gasteiger partial charge is 0.271 e. The zero-order chi connectivity index (χ0) is 9.30. The van der Waals surface area contributed by atoms with Gasteiger partial charge in [-0.2, -0.15) is 9.37 Å². The summed E-state index contributed by atoms with van der Waals surface area (Å²) in [6.45, 7) is 0. The minimum atomic E-state index is -3.04. The first-order valence-electron chi connectivity index (χ1n) is 2.79.